The number of rotatable bonds is 4. The Labute approximate surface area is 121 Å². The third-order valence-corrected chi connectivity index (χ3v) is 4.68. The fraction of sp³-hybridized carbons (Fsp3) is 0.647. The van der Waals surface area contributed by atoms with E-state index in [2.05, 4.69) is 44.4 Å². The minimum atomic E-state index is 0.312. The second-order valence-electron chi connectivity index (χ2n) is 6.04. The fourth-order valence-electron chi connectivity index (χ4n) is 3.73. The summed E-state index contributed by atoms with van der Waals surface area (Å²) in [6.45, 7) is 5.24. The van der Waals surface area contributed by atoms with Crippen molar-refractivity contribution in [3.05, 3.63) is 29.3 Å². The zero-order chi connectivity index (χ0) is 14.1. The molecule has 0 radical (unpaired) electrons. The van der Waals surface area contributed by atoms with Crippen LogP contribution in [0.3, 0.4) is 0 Å². The van der Waals surface area contributed by atoms with Crippen molar-refractivity contribution in [1.29, 1.82) is 0 Å². The molecule has 0 aliphatic carbocycles. The molecule has 0 spiro atoms. The Bertz CT molecular complexity index is 474. The second kappa shape index (κ2) is 5.74. The smallest absolute Gasteiger partial charge is 0.123 e. The molecule has 2 heterocycles. The van der Waals surface area contributed by atoms with Gasteiger partial charge < -0.3 is 14.8 Å². The van der Waals surface area contributed by atoms with Crippen LogP contribution in [0.2, 0.25) is 0 Å². The number of nitrogens with one attached hydrogen (secondary N) is 1. The van der Waals surface area contributed by atoms with Crippen molar-refractivity contribution < 1.29 is 9.47 Å². The highest BCUT2D eigenvalue weighted by atomic mass is 16.5. The summed E-state index contributed by atoms with van der Waals surface area (Å²) in [5.74, 6) is 1.63. The van der Waals surface area contributed by atoms with Gasteiger partial charge in [0.2, 0.25) is 0 Å². The lowest BCUT2D eigenvalue weighted by atomic mass is 9.86. The molecule has 0 bridgehead atoms. The quantitative estimate of drug-likeness (QED) is 0.916. The fourth-order valence-corrected chi connectivity index (χ4v) is 3.73. The van der Waals surface area contributed by atoms with E-state index in [1.165, 1.54) is 11.1 Å². The summed E-state index contributed by atoms with van der Waals surface area (Å²) in [6, 6.07) is 7.05. The molecule has 2 aliphatic heterocycles. The number of hydrogen-bond donors (Lipinski definition) is 1. The SMILES string of the molecule is CCC1OCCC1C(NC)c1ccc2c(c1)CC(C)O2. The van der Waals surface area contributed by atoms with E-state index < -0.39 is 0 Å². The Kier molecular flexibility index (Phi) is 3.99. The van der Waals surface area contributed by atoms with E-state index in [0.717, 1.165) is 31.6 Å². The molecule has 110 valence electrons. The minimum Gasteiger partial charge on any atom is -0.490 e. The van der Waals surface area contributed by atoms with Gasteiger partial charge in [-0.05, 0) is 44.0 Å². The Balaban J connectivity index is 1.85. The van der Waals surface area contributed by atoms with Crippen LogP contribution in [0.1, 0.15) is 43.9 Å². The van der Waals surface area contributed by atoms with Gasteiger partial charge in [0, 0.05) is 25.0 Å². The molecule has 4 unspecified atom stereocenters. The van der Waals surface area contributed by atoms with Crippen LogP contribution in [-0.4, -0.2) is 25.9 Å². The molecule has 0 aromatic heterocycles. The predicted molar refractivity (Wildman–Crippen MR) is 80.2 cm³/mol. The van der Waals surface area contributed by atoms with E-state index in [1.54, 1.807) is 0 Å². The monoisotopic (exact) mass is 275 g/mol. The number of hydrogen-bond acceptors (Lipinski definition) is 3. The van der Waals surface area contributed by atoms with Gasteiger partial charge in [0.25, 0.3) is 0 Å². The van der Waals surface area contributed by atoms with Crippen molar-refractivity contribution >= 4 is 0 Å². The molecular formula is C17H25NO2. The van der Waals surface area contributed by atoms with Crippen molar-refractivity contribution in [2.75, 3.05) is 13.7 Å². The summed E-state index contributed by atoms with van der Waals surface area (Å²) in [4.78, 5) is 0. The van der Waals surface area contributed by atoms with Gasteiger partial charge in [-0.25, -0.2) is 0 Å². The maximum absolute atomic E-state index is 5.86. The molecule has 3 heteroatoms. The van der Waals surface area contributed by atoms with Crippen molar-refractivity contribution in [3.63, 3.8) is 0 Å². The maximum Gasteiger partial charge on any atom is 0.123 e. The van der Waals surface area contributed by atoms with Crippen LogP contribution >= 0.6 is 0 Å². The summed E-state index contributed by atoms with van der Waals surface area (Å²) < 4.78 is 11.7. The van der Waals surface area contributed by atoms with Gasteiger partial charge in [0.05, 0.1) is 6.10 Å². The molecule has 1 fully saturated rings. The molecule has 0 amide bonds. The zero-order valence-electron chi connectivity index (χ0n) is 12.7. The summed E-state index contributed by atoms with van der Waals surface area (Å²) >= 11 is 0. The van der Waals surface area contributed by atoms with Crippen LogP contribution in [-0.2, 0) is 11.2 Å². The van der Waals surface area contributed by atoms with Crippen molar-refractivity contribution in [2.24, 2.45) is 5.92 Å². The Morgan fingerprint density at radius 3 is 3.00 bits per heavy atom. The van der Waals surface area contributed by atoms with Crippen molar-refractivity contribution in [1.82, 2.24) is 5.32 Å². The zero-order valence-corrected chi connectivity index (χ0v) is 12.7. The summed E-state index contributed by atoms with van der Waals surface area (Å²) in [7, 11) is 2.06. The average molecular weight is 275 g/mol. The Morgan fingerprint density at radius 2 is 2.25 bits per heavy atom. The molecule has 3 nitrogen and oxygen atoms in total. The van der Waals surface area contributed by atoms with E-state index in [4.69, 9.17) is 9.47 Å². The molecule has 3 rings (SSSR count). The van der Waals surface area contributed by atoms with E-state index in [9.17, 15) is 0 Å². The molecule has 4 atom stereocenters. The second-order valence-corrected chi connectivity index (χ2v) is 6.04. The van der Waals surface area contributed by atoms with E-state index in [0.29, 0.717) is 24.2 Å². The highest BCUT2D eigenvalue weighted by Crippen LogP contribution is 2.37. The van der Waals surface area contributed by atoms with Crippen LogP contribution < -0.4 is 10.1 Å². The number of fused-ring (bicyclic) bond motifs is 1. The van der Waals surface area contributed by atoms with E-state index in [1.807, 2.05) is 0 Å². The van der Waals surface area contributed by atoms with Gasteiger partial charge in [0.1, 0.15) is 11.9 Å². The normalized spacial score (nSPS) is 30.1. The molecule has 1 saturated heterocycles. The third kappa shape index (κ3) is 2.45. The van der Waals surface area contributed by atoms with Gasteiger partial charge in [-0.1, -0.05) is 19.1 Å². The number of ether oxygens (including phenoxy) is 2. The molecule has 0 saturated carbocycles. The summed E-state index contributed by atoms with van der Waals surface area (Å²) in [5.41, 5.74) is 2.72. The third-order valence-electron chi connectivity index (χ3n) is 4.68. The van der Waals surface area contributed by atoms with E-state index in [-0.39, 0.29) is 0 Å². The first-order valence-electron chi connectivity index (χ1n) is 7.81. The lowest BCUT2D eigenvalue weighted by Gasteiger charge is -2.27. The van der Waals surface area contributed by atoms with Crippen LogP contribution in [0.25, 0.3) is 0 Å². The Morgan fingerprint density at radius 1 is 1.40 bits per heavy atom. The molecule has 1 aromatic carbocycles. The van der Waals surface area contributed by atoms with Gasteiger partial charge in [-0.15, -0.1) is 0 Å². The first kappa shape index (κ1) is 13.9. The molecule has 20 heavy (non-hydrogen) atoms. The Hall–Kier alpha value is -1.06. The van der Waals surface area contributed by atoms with E-state index >= 15 is 0 Å². The van der Waals surface area contributed by atoms with Crippen LogP contribution in [0.5, 0.6) is 5.75 Å². The first-order valence-corrected chi connectivity index (χ1v) is 7.81. The van der Waals surface area contributed by atoms with Crippen LogP contribution in [0.4, 0.5) is 0 Å². The van der Waals surface area contributed by atoms with Crippen LogP contribution in [0, 0.1) is 5.92 Å². The highest BCUT2D eigenvalue weighted by Gasteiger charge is 2.34. The van der Waals surface area contributed by atoms with Gasteiger partial charge in [-0.2, -0.15) is 0 Å². The number of benzene rings is 1. The molecule has 1 N–H and O–H groups in total. The first-order chi connectivity index (χ1) is 9.72. The highest BCUT2D eigenvalue weighted by molar-refractivity contribution is 5.41. The van der Waals surface area contributed by atoms with Gasteiger partial charge in [0.15, 0.2) is 0 Å². The average Bonchev–Trinajstić information content (AvgIpc) is 3.04. The largest absolute Gasteiger partial charge is 0.490 e. The molecular weight excluding hydrogens is 250 g/mol. The molecule has 1 aromatic rings. The standard InChI is InChI=1S/C17H25NO2/c1-4-15-14(7-8-19-15)17(18-3)12-5-6-16-13(10-12)9-11(2)20-16/h5-6,10-11,14-15,17-18H,4,7-9H2,1-3H3. The lowest BCUT2D eigenvalue weighted by molar-refractivity contribution is 0.0782. The van der Waals surface area contributed by atoms with Gasteiger partial charge in [-0.3, -0.25) is 0 Å². The maximum atomic E-state index is 5.86. The summed E-state index contributed by atoms with van der Waals surface area (Å²) in [5, 5.41) is 3.51. The van der Waals surface area contributed by atoms with Crippen molar-refractivity contribution in [2.45, 2.75) is 51.4 Å². The van der Waals surface area contributed by atoms with Gasteiger partial charge >= 0.3 is 0 Å². The lowest BCUT2D eigenvalue weighted by Crippen LogP contribution is -2.30. The van der Waals surface area contributed by atoms with Crippen molar-refractivity contribution in [3.8, 4) is 5.75 Å². The van der Waals surface area contributed by atoms with Crippen LogP contribution in [0.15, 0.2) is 18.2 Å². The summed E-state index contributed by atoms with van der Waals surface area (Å²) in [6.07, 6.45) is 3.96. The minimum absolute atomic E-state index is 0.312. The topological polar surface area (TPSA) is 30.5 Å². The predicted octanol–water partition coefficient (Wildman–Crippen LogP) is 3.09. The molecule has 2 aliphatic rings.